The van der Waals surface area contributed by atoms with Gasteiger partial charge in [0, 0.05) is 6.42 Å². The minimum Gasteiger partial charge on any atom is -0.481 e. The predicted molar refractivity (Wildman–Crippen MR) is 82.8 cm³/mol. The highest BCUT2D eigenvalue weighted by Crippen LogP contribution is 1.93. The van der Waals surface area contributed by atoms with Crippen LogP contribution in [-0.2, 0) is 9.53 Å². The number of aliphatic carboxylic acids is 1. The Morgan fingerprint density at radius 1 is 1.10 bits per heavy atom. The van der Waals surface area contributed by atoms with Gasteiger partial charge in [-0.1, -0.05) is 37.6 Å². The smallest absolute Gasteiger partial charge is 0.303 e. The molecule has 0 aliphatic carbocycles. The van der Waals surface area contributed by atoms with Crippen LogP contribution in [0.4, 0.5) is 0 Å². The topological polar surface area (TPSA) is 46.5 Å². The van der Waals surface area contributed by atoms with Crippen molar-refractivity contribution in [3.05, 3.63) is 42.2 Å². The molecule has 0 fully saturated rings. The number of allylic oxidation sites excluding steroid dienone is 3. The van der Waals surface area contributed by atoms with Gasteiger partial charge in [-0.25, -0.2) is 0 Å². The minimum atomic E-state index is -0.775. The lowest BCUT2D eigenvalue weighted by Gasteiger charge is -1.95. The van der Waals surface area contributed by atoms with Gasteiger partial charge in [0.2, 0.25) is 0 Å². The quantitative estimate of drug-likeness (QED) is 0.329. The van der Waals surface area contributed by atoms with E-state index < -0.39 is 5.97 Å². The molecular formula is C17H26O3. The van der Waals surface area contributed by atoms with Crippen LogP contribution >= 0.6 is 0 Å². The van der Waals surface area contributed by atoms with Crippen molar-refractivity contribution in [3.63, 3.8) is 0 Å². The van der Waals surface area contributed by atoms with Crippen LogP contribution in [0.5, 0.6) is 0 Å². The van der Waals surface area contributed by atoms with Crippen LogP contribution in [-0.4, -0.2) is 24.3 Å². The monoisotopic (exact) mass is 278 g/mol. The first-order chi connectivity index (χ1) is 9.77. The van der Waals surface area contributed by atoms with Crippen molar-refractivity contribution in [2.45, 2.75) is 45.4 Å². The lowest BCUT2D eigenvalue weighted by molar-refractivity contribution is -0.136. The third-order valence-corrected chi connectivity index (χ3v) is 2.42. The van der Waals surface area contributed by atoms with E-state index in [0.29, 0.717) is 19.6 Å². The van der Waals surface area contributed by atoms with Crippen LogP contribution in [0.25, 0.3) is 0 Å². The van der Waals surface area contributed by atoms with Gasteiger partial charge in [0.05, 0.1) is 13.2 Å². The molecular weight excluding hydrogens is 252 g/mol. The fraction of sp³-hybridized carbons (Fsp3) is 0.529. The van der Waals surface area contributed by atoms with Crippen LogP contribution in [0, 0.1) is 0 Å². The molecule has 0 aromatic rings. The van der Waals surface area contributed by atoms with Gasteiger partial charge in [-0.15, -0.1) is 5.73 Å². The Balaban J connectivity index is 3.37. The van der Waals surface area contributed by atoms with Crippen LogP contribution in [0.15, 0.2) is 42.2 Å². The lowest BCUT2D eigenvalue weighted by Crippen LogP contribution is -1.92. The zero-order chi connectivity index (χ0) is 14.9. The van der Waals surface area contributed by atoms with E-state index in [4.69, 9.17) is 9.84 Å². The molecule has 0 aromatic heterocycles. The van der Waals surface area contributed by atoms with Crippen molar-refractivity contribution < 1.29 is 14.6 Å². The van der Waals surface area contributed by atoms with Crippen LogP contribution in [0.3, 0.4) is 0 Å². The first-order valence-electron chi connectivity index (χ1n) is 7.26. The molecule has 0 rings (SSSR count). The van der Waals surface area contributed by atoms with E-state index in [9.17, 15) is 4.79 Å². The standard InChI is InChI=1S/C17H26O3/c1-2-3-4-5-6-9-12-15-20-16-13-10-7-8-11-14-17(18)19/h4-5,8-10,12H,2-3,6,11,13-16H2,1H3,(H,18,19)/b5-4-,12-9-. The third-order valence-electron chi connectivity index (χ3n) is 2.42. The molecule has 0 saturated carbocycles. The molecule has 0 heterocycles. The van der Waals surface area contributed by atoms with Crippen LogP contribution < -0.4 is 0 Å². The molecule has 0 unspecified atom stereocenters. The second-order valence-corrected chi connectivity index (χ2v) is 4.34. The second kappa shape index (κ2) is 15.5. The van der Waals surface area contributed by atoms with E-state index in [1.165, 1.54) is 6.42 Å². The first kappa shape index (κ1) is 18.4. The lowest BCUT2D eigenvalue weighted by atomic mass is 10.3. The Hall–Kier alpha value is -1.57. The van der Waals surface area contributed by atoms with Crippen molar-refractivity contribution in [2.75, 3.05) is 13.2 Å². The molecule has 3 heteroatoms. The van der Waals surface area contributed by atoms with Crippen molar-refractivity contribution in [1.29, 1.82) is 0 Å². The number of hydrogen-bond donors (Lipinski definition) is 1. The Kier molecular flexibility index (Phi) is 14.3. The van der Waals surface area contributed by atoms with Gasteiger partial charge in [-0.3, -0.25) is 4.79 Å². The predicted octanol–water partition coefficient (Wildman–Crippen LogP) is 4.27. The highest BCUT2D eigenvalue weighted by molar-refractivity contribution is 5.66. The van der Waals surface area contributed by atoms with Gasteiger partial charge in [-0.05, 0) is 37.8 Å². The minimum absolute atomic E-state index is 0.162. The van der Waals surface area contributed by atoms with Crippen molar-refractivity contribution >= 4 is 5.97 Å². The largest absolute Gasteiger partial charge is 0.481 e. The second-order valence-electron chi connectivity index (χ2n) is 4.34. The van der Waals surface area contributed by atoms with Crippen molar-refractivity contribution in [1.82, 2.24) is 0 Å². The number of carboxylic acids is 1. The van der Waals surface area contributed by atoms with Crippen molar-refractivity contribution in [3.8, 4) is 0 Å². The van der Waals surface area contributed by atoms with Gasteiger partial charge in [0.15, 0.2) is 0 Å². The number of rotatable bonds is 12. The molecule has 112 valence electrons. The van der Waals surface area contributed by atoms with Crippen LogP contribution in [0.1, 0.15) is 45.4 Å². The highest BCUT2D eigenvalue weighted by atomic mass is 16.5. The summed E-state index contributed by atoms with van der Waals surface area (Å²) in [6, 6.07) is 0. The van der Waals surface area contributed by atoms with Gasteiger partial charge >= 0.3 is 5.97 Å². The van der Waals surface area contributed by atoms with Gasteiger partial charge in [-0.2, -0.15) is 0 Å². The van der Waals surface area contributed by atoms with E-state index in [-0.39, 0.29) is 6.42 Å². The summed E-state index contributed by atoms with van der Waals surface area (Å²) in [6.07, 6.45) is 16.9. The van der Waals surface area contributed by atoms with Crippen molar-refractivity contribution in [2.24, 2.45) is 0 Å². The average molecular weight is 278 g/mol. The first-order valence-corrected chi connectivity index (χ1v) is 7.26. The maximum absolute atomic E-state index is 10.2. The molecule has 0 aromatic carbocycles. The highest BCUT2D eigenvalue weighted by Gasteiger charge is 1.90. The average Bonchev–Trinajstić information content (AvgIpc) is 2.43. The summed E-state index contributed by atoms with van der Waals surface area (Å²) in [4.78, 5) is 10.2. The van der Waals surface area contributed by atoms with Gasteiger partial charge in [0.1, 0.15) is 0 Å². The molecule has 0 bridgehead atoms. The fourth-order valence-electron chi connectivity index (χ4n) is 1.36. The Morgan fingerprint density at radius 2 is 1.85 bits per heavy atom. The summed E-state index contributed by atoms with van der Waals surface area (Å²) < 4.78 is 5.42. The Morgan fingerprint density at radius 3 is 2.60 bits per heavy atom. The SMILES string of the molecule is CCC/C=C\C/C=C\COCCC=C=CCCC(=O)O. The maximum Gasteiger partial charge on any atom is 0.303 e. The fourth-order valence-corrected chi connectivity index (χ4v) is 1.36. The van der Waals surface area contributed by atoms with Gasteiger partial charge in [0.25, 0.3) is 0 Å². The third kappa shape index (κ3) is 16.4. The molecule has 0 aliphatic heterocycles. The van der Waals surface area contributed by atoms with E-state index >= 15 is 0 Å². The summed E-state index contributed by atoms with van der Waals surface area (Å²) in [7, 11) is 0. The van der Waals surface area contributed by atoms with Crippen LogP contribution in [0.2, 0.25) is 0 Å². The molecule has 3 nitrogen and oxygen atoms in total. The molecule has 0 spiro atoms. The molecule has 0 atom stereocenters. The molecule has 0 amide bonds. The summed E-state index contributed by atoms with van der Waals surface area (Å²) in [5.41, 5.74) is 2.95. The number of unbranched alkanes of at least 4 members (excludes halogenated alkanes) is 1. The maximum atomic E-state index is 10.2. The Bertz CT molecular complexity index is 347. The van der Waals surface area contributed by atoms with E-state index in [1.807, 2.05) is 12.2 Å². The summed E-state index contributed by atoms with van der Waals surface area (Å²) >= 11 is 0. The molecule has 0 radical (unpaired) electrons. The summed E-state index contributed by atoms with van der Waals surface area (Å²) in [5.74, 6) is -0.775. The Labute approximate surface area is 122 Å². The van der Waals surface area contributed by atoms with E-state index in [0.717, 1.165) is 19.3 Å². The number of carboxylic acid groups (broad SMARTS) is 1. The zero-order valence-electron chi connectivity index (χ0n) is 12.4. The summed E-state index contributed by atoms with van der Waals surface area (Å²) in [6.45, 7) is 3.47. The number of ether oxygens (including phenoxy) is 1. The normalized spacial score (nSPS) is 10.8. The molecule has 0 aliphatic rings. The zero-order valence-corrected chi connectivity index (χ0v) is 12.4. The molecule has 1 N–H and O–H groups in total. The molecule has 0 saturated heterocycles. The number of hydrogen-bond acceptors (Lipinski definition) is 2. The summed E-state index contributed by atoms with van der Waals surface area (Å²) in [5, 5.41) is 8.43. The molecule has 20 heavy (non-hydrogen) atoms. The number of carbonyl (C=O) groups is 1. The van der Waals surface area contributed by atoms with Gasteiger partial charge < -0.3 is 9.84 Å². The van der Waals surface area contributed by atoms with E-state index in [1.54, 1.807) is 6.08 Å². The van der Waals surface area contributed by atoms with E-state index in [2.05, 4.69) is 30.9 Å².